The summed E-state index contributed by atoms with van der Waals surface area (Å²) in [4.78, 5) is 21.3. The summed E-state index contributed by atoms with van der Waals surface area (Å²) in [6.45, 7) is 5.66. The lowest BCUT2D eigenvalue weighted by Crippen LogP contribution is -2.53. The lowest BCUT2D eigenvalue weighted by Gasteiger charge is -2.38. The third-order valence-electron chi connectivity index (χ3n) is 6.38. The molecule has 1 saturated heterocycles. The van der Waals surface area contributed by atoms with Crippen molar-refractivity contribution in [1.82, 2.24) is 20.4 Å². The quantitative estimate of drug-likeness (QED) is 0.318. The van der Waals surface area contributed by atoms with Crippen LogP contribution in [0.3, 0.4) is 0 Å². The second kappa shape index (κ2) is 12.5. The zero-order valence-corrected chi connectivity index (χ0v) is 20.6. The highest BCUT2D eigenvalue weighted by Gasteiger charge is 2.31. The summed E-state index contributed by atoms with van der Waals surface area (Å²) < 4.78 is 0. The first-order chi connectivity index (χ1) is 13.2. The van der Waals surface area contributed by atoms with E-state index in [1.54, 1.807) is 0 Å². The van der Waals surface area contributed by atoms with Gasteiger partial charge in [-0.15, -0.1) is 24.0 Å². The molecule has 2 aliphatic carbocycles. The minimum atomic E-state index is 0. The Morgan fingerprint density at radius 1 is 1.11 bits per heavy atom. The standard InChI is InChI=1S/C20H37N5OS.HI/c1-21-20(23-17-7-4-8-18(15-17)27-2)22-9-10-24-11-13-25(14-12-24)19(26)16-5-3-6-16;/h16-18H,3-15H2,1-2H3,(H2,21,22,23);1H. The Balaban J connectivity index is 0.00000280. The molecule has 8 heteroatoms. The molecule has 2 unspecified atom stereocenters. The number of hydrogen-bond donors (Lipinski definition) is 2. The van der Waals surface area contributed by atoms with E-state index in [0.29, 0.717) is 17.9 Å². The number of guanidine groups is 1. The van der Waals surface area contributed by atoms with Gasteiger partial charge in [0.2, 0.25) is 5.91 Å². The maximum atomic E-state index is 12.3. The van der Waals surface area contributed by atoms with E-state index in [9.17, 15) is 4.79 Å². The van der Waals surface area contributed by atoms with Crippen LogP contribution in [-0.4, -0.2) is 85.5 Å². The number of thioether (sulfide) groups is 1. The first-order valence-electron chi connectivity index (χ1n) is 10.7. The average molecular weight is 524 g/mol. The number of hydrogen-bond acceptors (Lipinski definition) is 4. The second-order valence-electron chi connectivity index (χ2n) is 8.16. The van der Waals surface area contributed by atoms with Crippen molar-refractivity contribution in [2.45, 2.75) is 56.2 Å². The maximum absolute atomic E-state index is 12.3. The van der Waals surface area contributed by atoms with Gasteiger partial charge in [-0.3, -0.25) is 14.7 Å². The van der Waals surface area contributed by atoms with Crippen molar-refractivity contribution in [1.29, 1.82) is 0 Å². The minimum absolute atomic E-state index is 0. The summed E-state index contributed by atoms with van der Waals surface area (Å²) in [5.41, 5.74) is 0. The Morgan fingerprint density at radius 2 is 1.82 bits per heavy atom. The van der Waals surface area contributed by atoms with Crippen LogP contribution in [0.25, 0.3) is 0 Å². The van der Waals surface area contributed by atoms with E-state index >= 15 is 0 Å². The summed E-state index contributed by atoms with van der Waals surface area (Å²) in [5.74, 6) is 1.67. The number of nitrogens with zero attached hydrogens (tertiary/aromatic N) is 3. The fourth-order valence-corrected chi connectivity index (χ4v) is 5.14. The van der Waals surface area contributed by atoms with Gasteiger partial charge in [0.25, 0.3) is 0 Å². The molecule has 6 nitrogen and oxygen atoms in total. The highest BCUT2D eigenvalue weighted by atomic mass is 127. The smallest absolute Gasteiger partial charge is 0.225 e. The number of amides is 1. The van der Waals surface area contributed by atoms with Crippen molar-refractivity contribution in [3.8, 4) is 0 Å². The van der Waals surface area contributed by atoms with E-state index in [-0.39, 0.29) is 24.0 Å². The van der Waals surface area contributed by atoms with Crippen LogP contribution >= 0.6 is 35.7 Å². The van der Waals surface area contributed by atoms with Gasteiger partial charge in [-0.05, 0) is 38.4 Å². The molecule has 28 heavy (non-hydrogen) atoms. The summed E-state index contributed by atoms with van der Waals surface area (Å²) in [5, 5.41) is 7.87. The van der Waals surface area contributed by atoms with Crippen molar-refractivity contribution < 1.29 is 4.79 Å². The monoisotopic (exact) mass is 523 g/mol. The number of halogens is 1. The Kier molecular flexibility index (Phi) is 10.7. The summed E-state index contributed by atoms with van der Waals surface area (Å²) in [7, 11) is 1.86. The molecule has 0 aromatic heterocycles. The van der Waals surface area contributed by atoms with Crippen molar-refractivity contribution >= 4 is 47.6 Å². The molecule has 0 bridgehead atoms. The normalized spacial score (nSPS) is 26.9. The molecule has 2 atom stereocenters. The molecule has 0 radical (unpaired) electrons. The van der Waals surface area contributed by atoms with Gasteiger partial charge in [0.15, 0.2) is 5.96 Å². The molecular weight excluding hydrogens is 485 g/mol. The van der Waals surface area contributed by atoms with Gasteiger partial charge in [0.05, 0.1) is 0 Å². The second-order valence-corrected chi connectivity index (χ2v) is 9.30. The predicted molar refractivity (Wildman–Crippen MR) is 130 cm³/mol. The van der Waals surface area contributed by atoms with E-state index in [4.69, 9.17) is 0 Å². The van der Waals surface area contributed by atoms with Gasteiger partial charge in [-0.25, -0.2) is 0 Å². The van der Waals surface area contributed by atoms with Crippen LogP contribution in [0, 0.1) is 5.92 Å². The molecule has 1 amide bonds. The van der Waals surface area contributed by atoms with Crippen LogP contribution < -0.4 is 10.6 Å². The summed E-state index contributed by atoms with van der Waals surface area (Å²) in [6.07, 6.45) is 10.8. The molecule has 3 rings (SSSR count). The molecule has 0 aromatic carbocycles. The van der Waals surface area contributed by atoms with Gasteiger partial charge >= 0.3 is 0 Å². The molecule has 3 fully saturated rings. The molecule has 0 spiro atoms. The van der Waals surface area contributed by atoms with Crippen molar-refractivity contribution in [2.24, 2.45) is 10.9 Å². The third-order valence-corrected chi connectivity index (χ3v) is 7.48. The van der Waals surface area contributed by atoms with Gasteiger partial charge in [-0.2, -0.15) is 11.8 Å². The lowest BCUT2D eigenvalue weighted by molar-refractivity contribution is -0.139. The lowest BCUT2D eigenvalue weighted by atomic mass is 9.84. The number of carbonyl (C=O) groups excluding carboxylic acids is 1. The maximum Gasteiger partial charge on any atom is 0.225 e. The zero-order valence-electron chi connectivity index (χ0n) is 17.5. The van der Waals surface area contributed by atoms with Gasteiger partial charge in [0.1, 0.15) is 0 Å². The highest BCUT2D eigenvalue weighted by Crippen LogP contribution is 2.28. The molecule has 0 aromatic rings. The Morgan fingerprint density at radius 3 is 2.43 bits per heavy atom. The third kappa shape index (κ3) is 6.93. The van der Waals surface area contributed by atoms with E-state index in [1.165, 1.54) is 32.1 Å². The molecule has 1 aliphatic heterocycles. The van der Waals surface area contributed by atoms with Crippen LogP contribution in [0.1, 0.15) is 44.9 Å². The minimum Gasteiger partial charge on any atom is -0.355 e. The van der Waals surface area contributed by atoms with Crippen molar-refractivity contribution in [2.75, 3.05) is 52.6 Å². The molecule has 162 valence electrons. The first kappa shape index (κ1) is 24.1. The SMILES string of the molecule is CN=C(NCCN1CCN(C(=O)C2CCC2)CC1)NC1CCCC(SC)C1.I. The van der Waals surface area contributed by atoms with E-state index < -0.39 is 0 Å². The van der Waals surface area contributed by atoms with Gasteiger partial charge in [-0.1, -0.05) is 12.8 Å². The largest absolute Gasteiger partial charge is 0.355 e. The average Bonchev–Trinajstić information content (AvgIpc) is 2.66. The van der Waals surface area contributed by atoms with Crippen LogP contribution in [0.4, 0.5) is 0 Å². The molecule has 3 aliphatic rings. The van der Waals surface area contributed by atoms with E-state index in [1.807, 2.05) is 18.8 Å². The van der Waals surface area contributed by atoms with Crippen LogP contribution in [0.5, 0.6) is 0 Å². The number of aliphatic imine (C=N–C) groups is 1. The summed E-state index contributed by atoms with van der Waals surface area (Å²) >= 11 is 1.99. The zero-order chi connectivity index (χ0) is 19.1. The van der Waals surface area contributed by atoms with E-state index in [0.717, 1.165) is 63.3 Å². The van der Waals surface area contributed by atoms with Crippen LogP contribution in [-0.2, 0) is 4.79 Å². The first-order valence-corrected chi connectivity index (χ1v) is 12.0. The predicted octanol–water partition coefficient (Wildman–Crippen LogP) is 2.39. The fraction of sp³-hybridized carbons (Fsp3) is 0.900. The van der Waals surface area contributed by atoms with Gasteiger partial charge in [0, 0.05) is 63.5 Å². The number of rotatable bonds is 6. The van der Waals surface area contributed by atoms with Crippen LogP contribution in [0.15, 0.2) is 4.99 Å². The number of piperazine rings is 1. The summed E-state index contributed by atoms with van der Waals surface area (Å²) in [6, 6.07) is 0.545. The molecule has 2 saturated carbocycles. The molecule has 2 N–H and O–H groups in total. The van der Waals surface area contributed by atoms with Crippen molar-refractivity contribution in [3.63, 3.8) is 0 Å². The fourth-order valence-electron chi connectivity index (χ4n) is 4.32. The molecular formula is C20H38IN5OS. The van der Waals surface area contributed by atoms with Crippen molar-refractivity contribution in [3.05, 3.63) is 0 Å². The van der Waals surface area contributed by atoms with Crippen LogP contribution in [0.2, 0.25) is 0 Å². The number of nitrogens with one attached hydrogen (secondary N) is 2. The Labute approximate surface area is 192 Å². The highest BCUT2D eigenvalue weighted by molar-refractivity contribution is 14.0. The number of carbonyl (C=O) groups is 1. The molecule has 1 heterocycles. The Hall–Kier alpha value is -0.220. The Bertz CT molecular complexity index is 509. The van der Waals surface area contributed by atoms with E-state index in [2.05, 4.69) is 31.7 Å². The topological polar surface area (TPSA) is 60.0 Å². The van der Waals surface area contributed by atoms with Gasteiger partial charge < -0.3 is 15.5 Å².